The lowest BCUT2D eigenvalue weighted by atomic mass is 9.93. The lowest BCUT2D eigenvalue weighted by molar-refractivity contribution is 0.531. The molecule has 0 amide bonds. The van der Waals surface area contributed by atoms with Crippen LogP contribution in [0.15, 0.2) is 121 Å². The van der Waals surface area contributed by atoms with Crippen LogP contribution in [-0.4, -0.2) is 23.3 Å². The summed E-state index contributed by atoms with van der Waals surface area (Å²) >= 11 is 0. The molecule has 6 rings (SSSR count). The fourth-order valence-electron chi connectivity index (χ4n) is 7.14. The van der Waals surface area contributed by atoms with Gasteiger partial charge >= 0.3 is 0 Å². The Bertz CT molecular complexity index is 1210. The Morgan fingerprint density at radius 2 is 0.878 bits per heavy atom. The van der Waals surface area contributed by atoms with Crippen LogP contribution in [-0.2, 0) is 0 Å². The monoisotopic (exact) mass is 577 g/mol. The Labute approximate surface area is 251 Å². The van der Waals surface area contributed by atoms with Crippen LogP contribution in [0.3, 0.4) is 0 Å². The van der Waals surface area contributed by atoms with E-state index in [2.05, 4.69) is 133 Å². The van der Waals surface area contributed by atoms with E-state index in [-0.39, 0.29) is 16.1 Å². The molecule has 0 bridgehead atoms. The van der Waals surface area contributed by atoms with Crippen molar-refractivity contribution in [3.05, 3.63) is 144 Å². The van der Waals surface area contributed by atoms with Crippen molar-refractivity contribution in [1.29, 1.82) is 0 Å². The minimum absolute atomic E-state index is 0.315. The summed E-state index contributed by atoms with van der Waals surface area (Å²) in [6, 6.07) is 46.1. The highest BCUT2D eigenvalue weighted by Gasteiger charge is 2.43. The van der Waals surface area contributed by atoms with Crippen LogP contribution in [0.2, 0.25) is 0 Å². The summed E-state index contributed by atoms with van der Waals surface area (Å²) in [4.78, 5) is 0. The van der Waals surface area contributed by atoms with Gasteiger partial charge < -0.3 is 0 Å². The van der Waals surface area contributed by atoms with E-state index in [1.165, 1.54) is 57.4 Å². The van der Waals surface area contributed by atoms with Gasteiger partial charge in [-0.2, -0.15) is 0 Å². The third kappa shape index (κ3) is 6.86. The van der Waals surface area contributed by atoms with Gasteiger partial charge in [0.15, 0.2) is 0 Å². The van der Waals surface area contributed by atoms with Crippen molar-refractivity contribution in [2.24, 2.45) is 0 Å². The van der Waals surface area contributed by atoms with Crippen molar-refractivity contribution in [2.45, 2.75) is 68.6 Å². The average molecular weight is 578 g/mol. The summed E-state index contributed by atoms with van der Waals surface area (Å²) < 4.78 is 3.19. The van der Waals surface area contributed by atoms with Crippen molar-refractivity contribution < 1.29 is 0 Å². The number of benzene rings is 4. The van der Waals surface area contributed by atoms with E-state index in [1.807, 2.05) is 0 Å². The Kier molecular flexibility index (Phi) is 10.0. The molecule has 2 fully saturated rings. The second-order valence-corrected chi connectivity index (χ2v) is 16.9. The number of hydrogen-bond acceptors (Lipinski definition) is 1. The molecule has 41 heavy (non-hydrogen) atoms. The quantitative estimate of drug-likeness (QED) is 0.179. The predicted molar refractivity (Wildman–Crippen MR) is 180 cm³/mol. The molecule has 2 heterocycles. The molecular formula is C38H45NP2. The van der Waals surface area contributed by atoms with Crippen LogP contribution < -0.4 is 0 Å². The van der Waals surface area contributed by atoms with E-state index in [9.17, 15) is 0 Å². The van der Waals surface area contributed by atoms with Gasteiger partial charge in [-0.3, -0.25) is 4.44 Å². The molecule has 0 N–H and O–H groups in total. The molecule has 4 aromatic carbocycles. The van der Waals surface area contributed by atoms with Crippen LogP contribution in [0.4, 0.5) is 0 Å². The van der Waals surface area contributed by atoms with Crippen LogP contribution in [0.25, 0.3) is 0 Å². The van der Waals surface area contributed by atoms with Gasteiger partial charge in [-0.05, 0) is 94.7 Å². The average Bonchev–Trinajstić information content (AvgIpc) is 3.06. The predicted octanol–water partition coefficient (Wildman–Crippen LogP) is 11.5. The molecule has 212 valence electrons. The first kappa shape index (κ1) is 28.8. The minimum atomic E-state index is -0.315. The summed E-state index contributed by atoms with van der Waals surface area (Å²) in [7, 11) is -0.630. The van der Waals surface area contributed by atoms with Crippen LogP contribution >= 0.6 is 16.1 Å². The van der Waals surface area contributed by atoms with Crippen molar-refractivity contribution >= 4 is 16.1 Å². The maximum atomic E-state index is 3.19. The van der Waals surface area contributed by atoms with E-state index in [0.29, 0.717) is 23.2 Å². The second-order valence-electron chi connectivity index (χ2n) is 11.9. The SMILES string of the molecule is CCCCN(P1CC(c2ccccc2)CCC1c1ccccc1)P1C[C@@H](c2ccccc2)CC[C@@H]1c1ccccc1. The molecule has 0 spiro atoms. The summed E-state index contributed by atoms with van der Waals surface area (Å²) in [5, 5.41) is 0. The molecule has 0 aromatic heterocycles. The maximum Gasteiger partial charge on any atom is 0.0177 e. The lowest BCUT2D eigenvalue weighted by Crippen LogP contribution is -2.29. The number of unbranched alkanes of at least 4 members (excludes halogenated alkanes) is 1. The molecular weight excluding hydrogens is 532 g/mol. The van der Waals surface area contributed by atoms with Gasteiger partial charge in [0.05, 0.1) is 0 Å². The van der Waals surface area contributed by atoms with Crippen molar-refractivity contribution in [1.82, 2.24) is 4.44 Å². The molecule has 0 radical (unpaired) electrons. The molecule has 2 aliphatic heterocycles. The number of hydrogen-bond donors (Lipinski definition) is 0. The molecule has 0 aliphatic carbocycles. The lowest BCUT2D eigenvalue weighted by Gasteiger charge is -2.51. The number of rotatable bonds is 9. The number of nitrogens with zero attached hydrogens (tertiary/aromatic N) is 1. The van der Waals surface area contributed by atoms with Crippen molar-refractivity contribution in [2.75, 3.05) is 18.9 Å². The highest BCUT2D eigenvalue weighted by atomic mass is 31.2. The van der Waals surface area contributed by atoms with E-state index in [4.69, 9.17) is 0 Å². The Morgan fingerprint density at radius 3 is 1.24 bits per heavy atom. The maximum absolute atomic E-state index is 3.19. The molecule has 2 saturated heterocycles. The Balaban J connectivity index is 1.40. The molecule has 4 unspecified atom stereocenters. The topological polar surface area (TPSA) is 3.24 Å². The summed E-state index contributed by atoms with van der Waals surface area (Å²) in [5.41, 5.74) is 7.60. The fourth-order valence-corrected chi connectivity index (χ4v) is 15.5. The Morgan fingerprint density at radius 1 is 0.512 bits per heavy atom. The zero-order chi connectivity index (χ0) is 27.9. The van der Waals surface area contributed by atoms with E-state index < -0.39 is 0 Å². The highest BCUT2D eigenvalue weighted by Crippen LogP contribution is 2.74. The van der Waals surface area contributed by atoms with Crippen LogP contribution in [0.1, 0.15) is 90.9 Å². The summed E-state index contributed by atoms with van der Waals surface area (Å²) in [6.45, 7) is 3.63. The zero-order valence-corrected chi connectivity index (χ0v) is 26.4. The van der Waals surface area contributed by atoms with Crippen LogP contribution in [0, 0.1) is 0 Å². The molecule has 1 nitrogen and oxygen atoms in total. The van der Waals surface area contributed by atoms with Crippen molar-refractivity contribution in [3.63, 3.8) is 0 Å². The molecule has 6 atom stereocenters. The third-order valence-electron chi connectivity index (χ3n) is 9.33. The molecule has 2 aliphatic rings. The first-order valence-corrected chi connectivity index (χ1v) is 18.9. The van der Waals surface area contributed by atoms with Crippen molar-refractivity contribution in [3.8, 4) is 0 Å². The summed E-state index contributed by atoms with van der Waals surface area (Å²) in [6.07, 6.45) is 10.4. The van der Waals surface area contributed by atoms with Gasteiger partial charge in [-0.1, -0.05) is 135 Å². The van der Waals surface area contributed by atoms with Gasteiger partial charge in [0.2, 0.25) is 0 Å². The molecule has 3 heteroatoms. The van der Waals surface area contributed by atoms with Gasteiger partial charge in [-0.15, -0.1) is 0 Å². The van der Waals surface area contributed by atoms with Gasteiger partial charge in [-0.25, -0.2) is 0 Å². The molecule has 0 saturated carbocycles. The first-order chi connectivity index (χ1) is 20.3. The van der Waals surface area contributed by atoms with Gasteiger partial charge in [0.1, 0.15) is 0 Å². The third-order valence-corrected chi connectivity index (χ3v) is 16.5. The minimum Gasteiger partial charge on any atom is -0.259 e. The second kappa shape index (κ2) is 14.2. The largest absolute Gasteiger partial charge is 0.259 e. The van der Waals surface area contributed by atoms with E-state index >= 15 is 0 Å². The Hall–Kier alpha value is -2.30. The fraction of sp³-hybridized carbons (Fsp3) is 0.368. The standard InChI is InChI=1S/C38H45NP2/c1-2-3-28-39(40-29-35(31-16-8-4-9-17-31)24-26-37(40)33-20-12-6-13-21-33)41-30-36(32-18-10-5-11-19-32)25-27-38(41)34-22-14-7-15-23-34/h4-23,35-38H,2-3,24-30H2,1H3/t35-,36?,37+,38?,40?,41?/m0/s1. The zero-order valence-electron chi connectivity index (χ0n) is 24.6. The smallest absolute Gasteiger partial charge is 0.0177 e. The van der Waals surface area contributed by atoms with Gasteiger partial charge in [0, 0.05) is 17.9 Å². The van der Waals surface area contributed by atoms with Crippen LogP contribution in [0.5, 0.6) is 0 Å². The van der Waals surface area contributed by atoms with E-state index in [0.717, 1.165) is 0 Å². The summed E-state index contributed by atoms with van der Waals surface area (Å²) in [5.74, 6) is 1.34. The normalized spacial score (nSPS) is 26.6. The van der Waals surface area contributed by atoms with Gasteiger partial charge in [0.25, 0.3) is 0 Å². The highest BCUT2D eigenvalue weighted by molar-refractivity contribution is 7.70. The molecule has 4 aromatic rings. The van der Waals surface area contributed by atoms with E-state index in [1.54, 1.807) is 22.3 Å². The first-order valence-electron chi connectivity index (χ1n) is 15.8.